The standard InChI is InChI=1S/C25H27NO4S2/c1-25(2,3)19-11-9-17(10-12-19)16-30-20-8-6-5-7-18(20)15-21-23(28)26(24(31)32-21)14-13-22(27)29-4/h5-12,15H,13-14,16H2,1-4H3/b21-15+. The molecule has 0 radical (unpaired) electrons. The molecule has 168 valence electrons. The van der Waals surface area contributed by atoms with Gasteiger partial charge >= 0.3 is 5.97 Å². The average molecular weight is 470 g/mol. The maximum Gasteiger partial charge on any atom is 0.307 e. The monoisotopic (exact) mass is 469 g/mol. The summed E-state index contributed by atoms with van der Waals surface area (Å²) in [4.78, 5) is 26.1. The summed E-state index contributed by atoms with van der Waals surface area (Å²) in [5, 5.41) is 0. The number of hydrogen-bond acceptors (Lipinski definition) is 6. The van der Waals surface area contributed by atoms with Crippen molar-refractivity contribution in [2.75, 3.05) is 13.7 Å². The fourth-order valence-corrected chi connectivity index (χ4v) is 4.43. The molecule has 5 nitrogen and oxygen atoms in total. The Balaban J connectivity index is 1.71. The number of hydrogen-bond donors (Lipinski definition) is 0. The molecule has 0 aromatic heterocycles. The maximum absolute atomic E-state index is 12.8. The van der Waals surface area contributed by atoms with Crippen LogP contribution in [0.2, 0.25) is 0 Å². The zero-order chi connectivity index (χ0) is 23.3. The molecule has 0 spiro atoms. The minimum absolute atomic E-state index is 0.101. The van der Waals surface area contributed by atoms with Crippen LogP contribution in [0.25, 0.3) is 6.08 Å². The molecule has 2 aromatic rings. The van der Waals surface area contributed by atoms with Crippen molar-refractivity contribution in [2.45, 2.75) is 39.2 Å². The molecule has 7 heteroatoms. The minimum Gasteiger partial charge on any atom is -0.488 e. The van der Waals surface area contributed by atoms with E-state index < -0.39 is 0 Å². The molecule has 0 N–H and O–H groups in total. The lowest BCUT2D eigenvalue weighted by atomic mass is 9.87. The third-order valence-electron chi connectivity index (χ3n) is 5.06. The van der Waals surface area contributed by atoms with Crippen molar-refractivity contribution in [1.29, 1.82) is 0 Å². The van der Waals surface area contributed by atoms with Crippen LogP contribution in [-0.2, 0) is 26.3 Å². The zero-order valence-electron chi connectivity index (χ0n) is 18.7. The Bertz CT molecular complexity index is 1040. The first-order valence-corrected chi connectivity index (χ1v) is 11.5. The first kappa shape index (κ1) is 24.0. The number of carbonyl (C=O) groups is 2. The van der Waals surface area contributed by atoms with Crippen molar-refractivity contribution in [3.05, 3.63) is 70.1 Å². The molecule has 1 aliphatic rings. The van der Waals surface area contributed by atoms with Crippen LogP contribution < -0.4 is 4.74 Å². The molecule has 2 aromatic carbocycles. The summed E-state index contributed by atoms with van der Waals surface area (Å²) in [5.74, 6) is 0.0982. The van der Waals surface area contributed by atoms with E-state index in [0.717, 1.165) is 11.1 Å². The Hall–Kier alpha value is -2.64. The molecular weight excluding hydrogens is 442 g/mol. The SMILES string of the molecule is COC(=O)CCN1C(=O)/C(=C\c2ccccc2OCc2ccc(C(C)(C)C)cc2)SC1=S. The number of para-hydroxylation sites is 1. The van der Waals surface area contributed by atoms with E-state index >= 15 is 0 Å². The van der Waals surface area contributed by atoms with Crippen molar-refractivity contribution in [1.82, 2.24) is 4.90 Å². The topological polar surface area (TPSA) is 55.8 Å². The Morgan fingerprint density at radius 1 is 1.12 bits per heavy atom. The summed E-state index contributed by atoms with van der Waals surface area (Å²) in [7, 11) is 1.32. The summed E-state index contributed by atoms with van der Waals surface area (Å²) < 4.78 is 11.1. The van der Waals surface area contributed by atoms with Gasteiger partial charge in [0.05, 0.1) is 18.4 Å². The van der Waals surface area contributed by atoms with Crippen LogP contribution >= 0.6 is 24.0 Å². The number of rotatable bonds is 7. The number of carbonyl (C=O) groups excluding carboxylic acids is 2. The van der Waals surface area contributed by atoms with Crippen molar-refractivity contribution in [3.63, 3.8) is 0 Å². The maximum atomic E-state index is 12.8. The van der Waals surface area contributed by atoms with Gasteiger partial charge in [-0.1, -0.05) is 87.2 Å². The van der Waals surface area contributed by atoms with E-state index in [1.807, 2.05) is 24.3 Å². The fourth-order valence-electron chi connectivity index (χ4n) is 3.13. The van der Waals surface area contributed by atoms with Crippen molar-refractivity contribution in [3.8, 4) is 5.75 Å². The number of esters is 1. The summed E-state index contributed by atoms with van der Waals surface area (Å²) in [6.45, 7) is 7.19. The molecule has 3 rings (SSSR count). The van der Waals surface area contributed by atoms with E-state index in [1.54, 1.807) is 6.08 Å². The van der Waals surface area contributed by atoms with Gasteiger partial charge in [-0.15, -0.1) is 0 Å². The third kappa shape index (κ3) is 5.99. The fraction of sp³-hybridized carbons (Fsp3) is 0.320. The quantitative estimate of drug-likeness (QED) is 0.310. The first-order valence-electron chi connectivity index (χ1n) is 10.3. The second-order valence-electron chi connectivity index (χ2n) is 8.43. The number of thioether (sulfide) groups is 1. The van der Waals surface area contributed by atoms with E-state index in [2.05, 4.69) is 49.8 Å². The molecule has 1 fully saturated rings. The Morgan fingerprint density at radius 3 is 2.47 bits per heavy atom. The van der Waals surface area contributed by atoms with Gasteiger partial charge in [0.2, 0.25) is 0 Å². The predicted molar refractivity (Wildman–Crippen MR) is 132 cm³/mol. The van der Waals surface area contributed by atoms with Crippen LogP contribution in [0.5, 0.6) is 5.75 Å². The number of ether oxygens (including phenoxy) is 2. The molecule has 0 atom stereocenters. The molecule has 32 heavy (non-hydrogen) atoms. The van der Waals surface area contributed by atoms with Gasteiger partial charge < -0.3 is 9.47 Å². The van der Waals surface area contributed by atoms with Gasteiger partial charge in [-0.3, -0.25) is 14.5 Å². The molecule has 0 unspecified atom stereocenters. The second-order valence-corrected chi connectivity index (χ2v) is 10.1. The summed E-state index contributed by atoms with van der Waals surface area (Å²) in [6, 6.07) is 16.0. The van der Waals surface area contributed by atoms with E-state index in [4.69, 9.17) is 17.0 Å². The number of amides is 1. The van der Waals surface area contributed by atoms with Gasteiger partial charge in [-0.2, -0.15) is 0 Å². The highest BCUT2D eigenvalue weighted by Gasteiger charge is 2.32. The average Bonchev–Trinajstić information content (AvgIpc) is 3.03. The van der Waals surface area contributed by atoms with Gasteiger partial charge in [0, 0.05) is 12.1 Å². The molecule has 1 saturated heterocycles. The van der Waals surface area contributed by atoms with Crippen molar-refractivity contribution < 1.29 is 19.1 Å². The molecule has 0 bridgehead atoms. The summed E-state index contributed by atoms with van der Waals surface area (Å²) >= 11 is 6.55. The molecule has 1 aliphatic heterocycles. The van der Waals surface area contributed by atoms with Crippen LogP contribution in [0, 0.1) is 0 Å². The molecule has 0 saturated carbocycles. The second kappa shape index (κ2) is 10.3. The van der Waals surface area contributed by atoms with Gasteiger partial charge in [-0.05, 0) is 28.7 Å². The largest absolute Gasteiger partial charge is 0.488 e. The Morgan fingerprint density at radius 2 is 1.81 bits per heavy atom. The van der Waals surface area contributed by atoms with Gasteiger partial charge in [0.25, 0.3) is 5.91 Å². The van der Waals surface area contributed by atoms with Crippen LogP contribution in [-0.4, -0.2) is 34.8 Å². The minimum atomic E-state index is -0.377. The molecule has 0 aliphatic carbocycles. The zero-order valence-corrected chi connectivity index (χ0v) is 20.3. The smallest absolute Gasteiger partial charge is 0.307 e. The number of benzene rings is 2. The van der Waals surface area contributed by atoms with E-state index in [1.165, 1.54) is 29.3 Å². The highest BCUT2D eigenvalue weighted by Crippen LogP contribution is 2.34. The van der Waals surface area contributed by atoms with Crippen molar-refractivity contribution >= 4 is 46.3 Å². The lowest BCUT2D eigenvalue weighted by molar-refractivity contribution is -0.140. The number of nitrogens with zero attached hydrogens (tertiary/aromatic N) is 1. The summed E-state index contributed by atoms with van der Waals surface area (Å²) in [6.07, 6.45) is 1.89. The van der Waals surface area contributed by atoms with Crippen LogP contribution in [0.15, 0.2) is 53.4 Å². The van der Waals surface area contributed by atoms with E-state index in [9.17, 15) is 9.59 Å². The highest BCUT2D eigenvalue weighted by molar-refractivity contribution is 8.26. The lowest BCUT2D eigenvalue weighted by Gasteiger charge is -2.19. The van der Waals surface area contributed by atoms with Crippen molar-refractivity contribution in [2.24, 2.45) is 0 Å². The van der Waals surface area contributed by atoms with E-state index in [0.29, 0.717) is 21.6 Å². The number of methoxy groups -OCH3 is 1. The van der Waals surface area contributed by atoms with E-state index in [-0.39, 0.29) is 30.3 Å². The molecular formula is C25H27NO4S2. The van der Waals surface area contributed by atoms with Gasteiger partial charge in [0.15, 0.2) is 0 Å². The molecule has 1 amide bonds. The Kier molecular flexibility index (Phi) is 7.74. The molecule has 1 heterocycles. The first-order chi connectivity index (χ1) is 15.2. The predicted octanol–water partition coefficient (Wildman–Crippen LogP) is 5.33. The van der Waals surface area contributed by atoms with Gasteiger partial charge in [0.1, 0.15) is 16.7 Å². The normalized spacial score (nSPS) is 15.4. The lowest BCUT2D eigenvalue weighted by Crippen LogP contribution is -2.30. The summed E-state index contributed by atoms with van der Waals surface area (Å²) in [5.41, 5.74) is 3.25. The van der Waals surface area contributed by atoms with Crippen LogP contribution in [0.1, 0.15) is 43.9 Å². The highest BCUT2D eigenvalue weighted by atomic mass is 32.2. The van der Waals surface area contributed by atoms with Gasteiger partial charge in [-0.25, -0.2) is 0 Å². The Labute approximate surface area is 198 Å². The third-order valence-corrected chi connectivity index (χ3v) is 6.44. The van der Waals surface area contributed by atoms with Crippen LogP contribution in [0.3, 0.4) is 0 Å². The van der Waals surface area contributed by atoms with Crippen LogP contribution in [0.4, 0.5) is 0 Å². The number of thiocarbonyl (C=S) groups is 1.